The first-order valence-corrected chi connectivity index (χ1v) is 8.22. The molecule has 0 bridgehead atoms. The van der Waals surface area contributed by atoms with E-state index in [1.807, 2.05) is 0 Å². The van der Waals surface area contributed by atoms with Crippen molar-refractivity contribution in [2.24, 2.45) is 0 Å². The summed E-state index contributed by atoms with van der Waals surface area (Å²) in [6.45, 7) is 8.33. The topological polar surface area (TPSA) is 35.5 Å². The molecule has 2 fully saturated rings. The first kappa shape index (κ1) is 15.3. The van der Waals surface area contributed by atoms with E-state index in [1.165, 1.54) is 45.1 Å². The van der Waals surface area contributed by atoms with E-state index in [4.69, 9.17) is 0 Å². The lowest BCUT2D eigenvalue weighted by Gasteiger charge is -2.43. The summed E-state index contributed by atoms with van der Waals surface area (Å²) < 4.78 is 0. The van der Waals surface area contributed by atoms with E-state index in [1.54, 1.807) is 0 Å². The summed E-state index contributed by atoms with van der Waals surface area (Å²) in [5.41, 5.74) is -0.101. The fourth-order valence-electron chi connectivity index (χ4n) is 3.70. The van der Waals surface area contributed by atoms with E-state index in [-0.39, 0.29) is 12.1 Å². The van der Waals surface area contributed by atoms with Crippen molar-refractivity contribution in [2.75, 3.05) is 13.2 Å². The maximum Gasteiger partial charge on any atom is 0.0611 e. The zero-order chi connectivity index (χ0) is 13.9. The molecule has 3 unspecified atom stereocenters. The van der Waals surface area contributed by atoms with Crippen molar-refractivity contribution in [1.82, 2.24) is 10.2 Å². The first-order chi connectivity index (χ1) is 9.08. The van der Waals surface area contributed by atoms with Gasteiger partial charge in [0.25, 0.3) is 0 Å². The third kappa shape index (κ3) is 4.17. The van der Waals surface area contributed by atoms with Crippen LogP contribution in [0.4, 0.5) is 0 Å². The molecule has 2 aliphatic rings. The van der Waals surface area contributed by atoms with Gasteiger partial charge in [-0.2, -0.15) is 0 Å². The zero-order valence-corrected chi connectivity index (χ0v) is 13.0. The second kappa shape index (κ2) is 6.55. The smallest absolute Gasteiger partial charge is 0.0611 e. The fraction of sp³-hybridized carbons (Fsp3) is 1.00. The molecule has 0 amide bonds. The van der Waals surface area contributed by atoms with Gasteiger partial charge in [0.1, 0.15) is 0 Å². The Bertz CT molecular complexity index is 280. The van der Waals surface area contributed by atoms with E-state index >= 15 is 0 Å². The molecule has 3 nitrogen and oxygen atoms in total. The maximum atomic E-state index is 9.75. The van der Waals surface area contributed by atoms with Crippen LogP contribution in [0, 0.1) is 0 Å². The Morgan fingerprint density at radius 2 is 2.05 bits per heavy atom. The van der Waals surface area contributed by atoms with Crippen molar-refractivity contribution in [1.29, 1.82) is 0 Å². The molecule has 0 radical (unpaired) electrons. The number of likely N-dealkylation sites (tertiary alicyclic amines) is 1. The van der Waals surface area contributed by atoms with Gasteiger partial charge in [0.15, 0.2) is 0 Å². The van der Waals surface area contributed by atoms with Gasteiger partial charge in [0.05, 0.1) is 6.61 Å². The van der Waals surface area contributed by atoms with Gasteiger partial charge in [0.2, 0.25) is 0 Å². The third-order valence-corrected chi connectivity index (χ3v) is 4.93. The quantitative estimate of drug-likeness (QED) is 0.745. The minimum absolute atomic E-state index is 0.101. The molecule has 1 saturated carbocycles. The predicted molar refractivity (Wildman–Crippen MR) is 80.4 cm³/mol. The lowest BCUT2D eigenvalue weighted by Crippen LogP contribution is -2.53. The minimum atomic E-state index is -0.101. The highest BCUT2D eigenvalue weighted by Crippen LogP contribution is 2.28. The zero-order valence-electron chi connectivity index (χ0n) is 13.0. The number of hydrogen-bond acceptors (Lipinski definition) is 3. The molecule has 3 heteroatoms. The van der Waals surface area contributed by atoms with Crippen molar-refractivity contribution in [3.8, 4) is 0 Å². The molecule has 1 heterocycles. The van der Waals surface area contributed by atoms with Crippen LogP contribution in [0.2, 0.25) is 0 Å². The van der Waals surface area contributed by atoms with Crippen LogP contribution in [-0.4, -0.2) is 46.8 Å². The monoisotopic (exact) mass is 268 g/mol. The molecule has 2 N–H and O–H groups in total. The van der Waals surface area contributed by atoms with Gasteiger partial charge in [-0.1, -0.05) is 13.3 Å². The Labute approximate surface area is 118 Å². The molecular formula is C16H32N2O. The third-order valence-electron chi connectivity index (χ3n) is 4.93. The van der Waals surface area contributed by atoms with Crippen LogP contribution in [0.25, 0.3) is 0 Å². The number of hydrogen-bond donors (Lipinski definition) is 2. The Morgan fingerprint density at radius 1 is 1.32 bits per heavy atom. The number of piperidine rings is 1. The molecule has 0 aromatic rings. The van der Waals surface area contributed by atoms with E-state index in [2.05, 4.69) is 31.0 Å². The molecule has 112 valence electrons. The maximum absolute atomic E-state index is 9.75. The van der Waals surface area contributed by atoms with Gasteiger partial charge in [-0.25, -0.2) is 0 Å². The summed E-state index contributed by atoms with van der Waals surface area (Å²) in [4.78, 5) is 2.69. The summed E-state index contributed by atoms with van der Waals surface area (Å²) in [5, 5.41) is 13.4. The first-order valence-electron chi connectivity index (χ1n) is 8.22. The van der Waals surface area contributed by atoms with E-state index in [0.717, 1.165) is 12.5 Å². The van der Waals surface area contributed by atoms with E-state index in [9.17, 15) is 5.11 Å². The highest BCUT2D eigenvalue weighted by molar-refractivity contribution is 4.95. The summed E-state index contributed by atoms with van der Waals surface area (Å²) in [6.07, 6.45) is 8.96. The molecule has 0 aromatic heterocycles. The molecule has 0 aromatic carbocycles. The van der Waals surface area contributed by atoms with Gasteiger partial charge >= 0.3 is 0 Å². The largest absolute Gasteiger partial charge is 0.394 e. The van der Waals surface area contributed by atoms with Crippen LogP contribution < -0.4 is 5.32 Å². The number of aliphatic hydroxyl groups is 1. The molecule has 1 aliphatic carbocycles. The molecule has 1 aliphatic heterocycles. The Morgan fingerprint density at radius 3 is 2.63 bits per heavy atom. The average molecular weight is 268 g/mol. The molecule has 2 rings (SSSR count). The molecule has 1 saturated heterocycles. The number of nitrogens with zero attached hydrogens (tertiary/aromatic N) is 1. The van der Waals surface area contributed by atoms with Crippen LogP contribution in [0.3, 0.4) is 0 Å². The molecular weight excluding hydrogens is 236 g/mol. The highest BCUT2D eigenvalue weighted by atomic mass is 16.3. The average Bonchev–Trinajstić information content (AvgIpc) is 3.22. The Balaban J connectivity index is 1.91. The fourth-order valence-corrected chi connectivity index (χ4v) is 3.70. The second-order valence-corrected chi connectivity index (χ2v) is 6.99. The predicted octanol–water partition coefficient (Wildman–Crippen LogP) is 2.53. The lowest BCUT2D eigenvalue weighted by molar-refractivity contribution is 0.0630. The van der Waals surface area contributed by atoms with E-state index in [0.29, 0.717) is 12.1 Å². The van der Waals surface area contributed by atoms with Crippen molar-refractivity contribution in [2.45, 2.75) is 89.4 Å². The van der Waals surface area contributed by atoms with Crippen molar-refractivity contribution >= 4 is 0 Å². The van der Waals surface area contributed by atoms with Crippen LogP contribution in [0.15, 0.2) is 0 Å². The minimum Gasteiger partial charge on any atom is -0.394 e. The summed E-state index contributed by atoms with van der Waals surface area (Å²) in [5.74, 6) is 0. The Hall–Kier alpha value is -0.120. The van der Waals surface area contributed by atoms with Crippen LogP contribution in [0.5, 0.6) is 0 Å². The lowest BCUT2D eigenvalue weighted by atomic mass is 9.90. The standard InChI is InChI=1S/C16H32N2O/c1-4-15-7-5-6-10-18(15)13(2)11-16(3,12-19)17-14-8-9-14/h13-15,17,19H,4-12H2,1-3H3. The van der Waals surface area contributed by atoms with Crippen LogP contribution in [-0.2, 0) is 0 Å². The van der Waals surface area contributed by atoms with Gasteiger partial charge in [-0.15, -0.1) is 0 Å². The van der Waals surface area contributed by atoms with Crippen LogP contribution in [0.1, 0.15) is 65.7 Å². The highest BCUT2D eigenvalue weighted by Gasteiger charge is 2.35. The summed E-state index contributed by atoms with van der Waals surface area (Å²) >= 11 is 0. The SMILES string of the molecule is CCC1CCCCN1C(C)CC(C)(CO)NC1CC1. The second-order valence-electron chi connectivity index (χ2n) is 6.99. The molecule has 3 atom stereocenters. The van der Waals surface area contributed by atoms with Gasteiger partial charge in [0, 0.05) is 23.7 Å². The van der Waals surface area contributed by atoms with Crippen molar-refractivity contribution in [3.05, 3.63) is 0 Å². The number of rotatable bonds is 7. The Kier molecular flexibility index (Phi) is 5.27. The van der Waals surface area contributed by atoms with Gasteiger partial charge in [-0.3, -0.25) is 4.90 Å². The van der Waals surface area contributed by atoms with Crippen molar-refractivity contribution in [3.63, 3.8) is 0 Å². The number of nitrogens with one attached hydrogen (secondary N) is 1. The van der Waals surface area contributed by atoms with Crippen LogP contribution >= 0.6 is 0 Å². The molecule has 0 spiro atoms. The number of aliphatic hydroxyl groups excluding tert-OH is 1. The van der Waals surface area contributed by atoms with Crippen molar-refractivity contribution < 1.29 is 5.11 Å². The van der Waals surface area contributed by atoms with Gasteiger partial charge < -0.3 is 10.4 Å². The summed E-state index contributed by atoms with van der Waals surface area (Å²) in [7, 11) is 0. The van der Waals surface area contributed by atoms with Gasteiger partial charge in [-0.05, 0) is 58.9 Å². The molecule has 19 heavy (non-hydrogen) atoms. The van der Waals surface area contributed by atoms with E-state index < -0.39 is 0 Å². The summed E-state index contributed by atoms with van der Waals surface area (Å²) in [6, 6.07) is 1.98. The normalized spacial score (nSPS) is 30.0.